The van der Waals surface area contributed by atoms with Crippen LogP contribution < -0.4 is 15.5 Å². The number of hydrogen-bond acceptors (Lipinski definition) is 6. The molecule has 3 heterocycles. The van der Waals surface area contributed by atoms with Crippen molar-refractivity contribution in [3.63, 3.8) is 0 Å². The number of aromatic nitrogens is 3. The van der Waals surface area contributed by atoms with Gasteiger partial charge in [-0.3, -0.25) is 4.98 Å². The summed E-state index contributed by atoms with van der Waals surface area (Å²) in [5.41, 5.74) is 4.28. The zero-order chi connectivity index (χ0) is 21.9. The summed E-state index contributed by atoms with van der Waals surface area (Å²) in [6.07, 6.45) is 5.68. The number of amides is 2. The average molecular weight is 431 g/mol. The number of carbonyl (C=O) groups excluding carboxylic acids is 1. The second kappa shape index (κ2) is 8.92. The van der Waals surface area contributed by atoms with E-state index in [4.69, 9.17) is 14.7 Å². The maximum Gasteiger partial charge on any atom is 0.319 e. The van der Waals surface area contributed by atoms with Crippen LogP contribution in [0.1, 0.15) is 19.8 Å². The Bertz CT molecular complexity index is 1090. The lowest BCUT2D eigenvalue weighted by atomic mass is 10.1. The highest BCUT2D eigenvalue weighted by molar-refractivity contribution is 5.90. The van der Waals surface area contributed by atoms with Gasteiger partial charge in [0.15, 0.2) is 0 Å². The highest BCUT2D eigenvalue weighted by atomic mass is 16.5. The fourth-order valence-electron chi connectivity index (χ4n) is 3.70. The molecular formula is C24H26N6O2. The number of rotatable bonds is 5. The zero-order valence-corrected chi connectivity index (χ0v) is 18.0. The van der Waals surface area contributed by atoms with Gasteiger partial charge in [0.1, 0.15) is 0 Å². The first-order valence-corrected chi connectivity index (χ1v) is 11.0. The molecule has 1 aromatic carbocycles. The highest BCUT2D eigenvalue weighted by Crippen LogP contribution is 2.28. The molecule has 0 bridgehead atoms. The van der Waals surface area contributed by atoms with E-state index in [0.29, 0.717) is 25.2 Å². The number of anilines is 2. The fraction of sp³-hybridized carbons (Fsp3) is 0.333. The Morgan fingerprint density at radius 3 is 2.56 bits per heavy atom. The Labute approximate surface area is 187 Å². The minimum Gasteiger partial charge on any atom is -0.377 e. The van der Waals surface area contributed by atoms with Crippen molar-refractivity contribution < 1.29 is 9.53 Å². The van der Waals surface area contributed by atoms with Gasteiger partial charge in [0.05, 0.1) is 30.6 Å². The van der Waals surface area contributed by atoms with Crippen molar-refractivity contribution in [2.24, 2.45) is 0 Å². The van der Waals surface area contributed by atoms with Crippen LogP contribution >= 0.6 is 0 Å². The molecule has 1 aliphatic carbocycles. The molecule has 5 rings (SSSR count). The van der Waals surface area contributed by atoms with E-state index in [-0.39, 0.29) is 12.1 Å². The number of nitrogens with one attached hydrogen (secondary N) is 2. The lowest BCUT2D eigenvalue weighted by Crippen LogP contribution is -2.44. The van der Waals surface area contributed by atoms with Crippen LogP contribution in [-0.4, -0.2) is 52.8 Å². The largest absolute Gasteiger partial charge is 0.377 e. The molecule has 1 atom stereocenters. The predicted molar refractivity (Wildman–Crippen MR) is 124 cm³/mol. The molecule has 3 aromatic rings. The van der Waals surface area contributed by atoms with Crippen LogP contribution in [-0.2, 0) is 4.74 Å². The molecule has 2 aromatic heterocycles. The lowest BCUT2D eigenvalue weighted by molar-refractivity contribution is 0.0981. The number of urea groups is 1. The SMILES string of the molecule is CC1COCCN1c1nc(-c2ccc(NC(=O)NC3CC3)cc2)cc(-c2cccnc2)n1. The van der Waals surface area contributed by atoms with E-state index < -0.39 is 0 Å². The van der Waals surface area contributed by atoms with E-state index in [1.807, 2.05) is 48.7 Å². The van der Waals surface area contributed by atoms with Gasteiger partial charge >= 0.3 is 6.03 Å². The van der Waals surface area contributed by atoms with Crippen LogP contribution in [0.5, 0.6) is 0 Å². The first-order chi connectivity index (χ1) is 15.7. The van der Waals surface area contributed by atoms with Crippen molar-refractivity contribution in [1.29, 1.82) is 0 Å². The van der Waals surface area contributed by atoms with Crippen molar-refractivity contribution in [2.45, 2.75) is 31.8 Å². The quantitative estimate of drug-likeness (QED) is 0.641. The molecule has 2 N–H and O–H groups in total. The minimum atomic E-state index is -0.162. The van der Waals surface area contributed by atoms with Gasteiger partial charge in [-0.15, -0.1) is 0 Å². The van der Waals surface area contributed by atoms with Crippen molar-refractivity contribution in [2.75, 3.05) is 30.0 Å². The fourth-order valence-corrected chi connectivity index (χ4v) is 3.70. The molecule has 0 spiro atoms. The Morgan fingerprint density at radius 2 is 1.88 bits per heavy atom. The van der Waals surface area contributed by atoms with Crippen LogP contribution in [0.4, 0.5) is 16.4 Å². The van der Waals surface area contributed by atoms with Gasteiger partial charge < -0.3 is 20.3 Å². The number of pyridine rings is 1. The van der Waals surface area contributed by atoms with Crippen LogP contribution in [0.15, 0.2) is 54.9 Å². The first kappa shape index (κ1) is 20.4. The van der Waals surface area contributed by atoms with Gasteiger partial charge in [-0.05, 0) is 50.1 Å². The summed E-state index contributed by atoms with van der Waals surface area (Å²) in [7, 11) is 0. The van der Waals surface area contributed by atoms with Gasteiger partial charge in [0.25, 0.3) is 0 Å². The molecule has 1 saturated heterocycles. The predicted octanol–water partition coefficient (Wildman–Crippen LogP) is 3.71. The van der Waals surface area contributed by atoms with Gasteiger partial charge in [-0.1, -0.05) is 12.1 Å². The molecular weight excluding hydrogens is 404 g/mol. The summed E-state index contributed by atoms with van der Waals surface area (Å²) in [5.74, 6) is 0.683. The maximum absolute atomic E-state index is 12.0. The van der Waals surface area contributed by atoms with E-state index in [2.05, 4.69) is 27.4 Å². The van der Waals surface area contributed by atoms with E-state index in [1.54, 1.807) is 6.20 Å². The molecule has 164 valence electrons. The van der Waals surface area contributed by atoms with E-state index in [0.717, 1.165) is 47.6 Å². The lowest BCUT2D eigenvalue weighted by Gasteiger charge is -2.33. The third-order valence-electron chi connectivity index (χ3n) is 5.65. The Kier molecular flexibility index (Phi) is 5.68. The molecule has 1 saturated carbocycles. The second-order valence-electron chi connectivity index (χ2n) is 8.25. The summed E-state index contributed by atoms with van der Waals surface area (Å²) in [6, 6.07) is 14.0. The zero-order valence-electron chi connectivity index (χ0n) is 18.0. The van der Waals surface area contributed by atoms with Crippen LogP contribution in [0.25, 0.3) is 22.5 Å². The van der Waals surface area contributed by atoms with Gasteiger partial charge in [-0.2, -0.15) is 0 Å². The summed E-state index contributed by atoms with van der Waals surface area (Å²) < 4.78 is 5.59. The third-order valence-corrected chi connectivity index (χ3v) is 5.65. The molecule has 8 nitrogen and oxygen atoms in total. The number of morpholine rings is 1. The summed E-state index contributed by atoms with van der Waals surface area (Å²) in [4.78, 5) is 28.2. The maximum atomic E-state index is 12.0. The molecule has 8 heteroatoms. The molecule has 1 aliphatic heterocycles. The number of ether oxygens (including phenoxy) is 1. The molecule has 0 radical (unpaired) electrons. The monoisotopic (exact) mass is 430 g/mol. The van der Waals surface area contributed by atoms with Crippen LogP contribution in [0, 0.1) is 0 Å². The smallest absolute Gasteiger partial charge is 0.319 e. The third kappa shape index (κ3) is 4.70. The van der Waals surface area contributed by atoms with E-state index in [9.17, 15) is 4.79 Å². The van der Waals surface area contributed by atoms with E-state index in [1.165, 1.54) is 0 Å². The minimum absolute atomic E-state index is 0.162. The van der Waals surface area contributed by atoms with Crippen molar-refractivity contribution in [3.8, 4) is 22.5 Å². The molecule has 2 amide bonds. The van der Waals surface area contributed by atoms with Gasteiger partial charge in [0, 0.05) is 41.8 Å². The Balaban J connectivity index is 1.45. The highest BCUT2D eigenvalue weighted by Gasteiger charge is 2.24. The Hall–Kier alpha value is -3.52. The van der Waals surface area contributed by atoms with Crippen molar-refractivity contribution in [1.82, 2.24) is 20.3 Å². The number of hydrogen-bond donors (Lipinski definition) is 2. The Morgan fingerprint density at radius 1 is 1.09 bits per heavy atom. The van der Waals surface area contributed by atoms with Gasteiger partial charge in [0.2, 0.25) is 5.95 Å². The number of benzene rings is 1. The summed E-state index contributed by atoms with van der Waals surface area (Å²) >= 11 is 0. The van der Waals surface area contributed by atoms with Gasteiger partial charge in [-0.25, -0.2) is 14.8 Å². The topological polar surface area (TPSA) is 92.3 Å². The molecule has 1 unspecified atom stereocenters. The normalized spacial score (nSPS) is 18.3. The summed E-state index contributed by atoms with van der Waals surface area (Å²) in [6.45, 7) is 4.17. The molecule has 32 heavy (non-hydrogen) atoms. The van der Waals surface area contributed by atoms with Crippen molar-refractivity contribution >= 4 is 17.7 Å². The van der Waals surface area contributed by atoms with Crippen molar-refractivity contribution in [3.05, 3.63) is 54.9 Å². The number of nitrogens with zero attached hydrogens (tertiary/aromatic N) is 4. The summed E-state index contributed by atoms with van der Waals surface area (Å²) in [5, 5.41) is 5.81. The average Bonchev–Trinajstić information content (AvgIpc) is 3.64. The molecule has 2 fully saturated rings. The standard InChI is InChI=1S/C24H26N6O2/c1-16-15-32-12-11-30(16)23-28-21(13-22(29-23)18-3-2-10-25-14-18)17-4-6-19(7-5-17)26-24(31)27-20-8-9-20/h2-7,10,13-14,16,20H,8-9,11-12,15H2,1H3,(H2,26,27,31). The van der Waals surface area contributed by atoms with Crippen LogP contribution in [0.3, 0.4) is 0 Å². The first-order valence-electron chi connectivity index (χ1n) is 11.0. The van der Waals surface area contributed by atoms with E-state index >= 15 is 0 Å². The number of carbonyl (C=O) groups is 1. The second-order valence-corrected chi connectivity index (χ2v) is 8.25. The van der Waals surface area contributed by atoms with Crippen LogP contribution in [0.2, 0.25) is 0 Å². The molecule has 2 aliphatic rings.